The Morgan fingerprint density at radius 3 is 2.88 bits per heavy atom. The normalized spacial score (nSPS) is 19.5. The number of halogens is 1. The third-order valence-electron chi connectivity index (χ3n) is 2.76. The minimum absolute atomic E-state index is 0.118. The molecule has 0 aromatic heterocycles. The molecule has 1 amide bonds. The van der Waals surface area contributed by atoms with Gasteiger partial charge in [0.2, 0.25) is 0 Å². The van der Waals surface area contributed by atoms with Crippen LogP contribution in [0, 0.1) is 5.82 Å². The lowest BCUT2D eigenvalue weighted by Gasteiger charge is -2.14. The third-order valence-corrected chi connectivity index (χ3v) is 2.76. The average Bonchev–Trinajstić information content (AvgIpc) is 2.63. The Hall–Kier alpha value is -1.91. The van der Waals surface area contributed by atoms with E-state index in [1.165, 1.54) is 23.1 Å². The molecular formula is C12H12FNO3. The molecule has 1 heterocycles. The number of carbonyl (C=O) groups is 2. The van der Waals surface area contributed by atoms with Gasteiger partial charge in [0.05, 0.1) is 5.56 Å². The van der Waals surface area contributed by atoms with Crippen molar-refractivity contribution >= 4 is 12.2 Å². The highest BCUT2D eigenvalue weighted by molar-refractivity contribution is 5.84. The summed E-state index contributed by atoms with van der Waals surface area (Å²) in [5.41, 5.74) is 0.118. The molecule has 1 aromatic rings. The molecular weight excluding hydrogens is 225 g/mol. The Bertz CT molecular complexity index is 461. The first-order chi connectivity index (χ1) is 8.13. The Labute approximate surface area is 98.0 Å². The predicted molar refractivity (Wildman–Crippen MR) is 58.5 cm³/mol. The lowest BCUT2D eigenvalue weighted by molar-refractivity contribution is -0.132. The minimum Gasteiger partial charge on any atom is -0.477 e. The van der Waals surface area contributed by atoms with Gasteiger partial charge in [-0.2, -0.15) is 0 Å². The van der Waals surface area contributed by atoms with Crippen molar-refractivity contribution in [2.75, 3.05) is 13.6 Å². The molecule has 0 saturated carbocycles. The van der Waals surface area contributed by atoms with Crippen LogP contribution in [0.1, 0.15) is 16.8 Å². The van der Waals surface area contributed by atoms with Crippen molar-refractivity contribution < 1.29 is 18.7 Å². The second kappa shape index (κ2) is 4.53. The molecule has 0 N–H and O–H groups in total. The van der Waals surface area contributed by atoms with Gasteiger partial charge in [-0.15, -0.1) is 0 Å². The smallest absolute Gasteiger partial charge is 0.263 e. The zero-order chi connectivity index (χ0) is 12.4. The van der Waals surface area contributed by atoms with Crippen LogP contribution in [0.2, 0.25) is 0 Å². The molecule has 0 bridgehead atoms. The number of nitrogens with zero attached hydrogens (tertiary/aromatic N) is 1. The van der Waals surface area contributed by atoms with Gasteiger partial charge in [0, 0.05) is 20.0 Å². The Balaban J connectivity index is 2.24. The molecule has 90 valence electrons. The monoisotopic (exact) mass is 237 g/mol. The molecule has 0 spiro atoms. The van der Waals surface area contributed by atoms with Crippen molar-refractivity contribution in [3.63, 3.8) is 0 Å². The summed E-state index contributed by atoms with van der Waals surface area (Å²) in [6.07, 6.45) is 0.319. The number of para-hydroxylation sites is 1. The maximum Gasteiger partial charge on any atom is 0.263 e. The Morgan fingerprint density at radius 2 is 2.29 bits per heavy atom. The van der Waals surface area contributed by atoms with E-state index in [2.05, 4.69) is 0 Å². The predicted octanol–water partition coefficient (Wildman–Crippen LogP) is 1.25. The summed E-state index contributed by atoms with van der Waals surface area (Å²) in [4.78, 5) is 23.9. The first kappa shape index (κ1) is 11.6. The molecule has 0 radical (unpaired) electrons. The van der Waals surface area contributed by atoms with Gasteiger partial charge in [-0.25, -0.2) is 4.39 Å². The minimum atomic E-state index is -0.699. The summed E-state index contributed by atoms with van der Waals surface area (Å²) in [5.74, 6) is -0.960. The summed E-state index contributed by atoms with van der Waals surface area (Å²) in [7, 11) is 1.66. The Morgan fingerprint density at radius 1 is 1.53 bits per heavy atom. The molecule has 1 unspecified atom stereocenters. The topological polar surface area (TPSA) is 46.6 Å². The second-order valence-electron chi connectivity index (χ2n) is 3.93. The van der Waals surface area contributed by atoms with Gasteiger partial charge in [-0.3, -0.25) is 9.59 Å². The summed E-state index contributed by atoms with van der Waals surface area (Å²) in [5, 5.41) is 0. The van der Waals surface area contributed by atoms with Crippen molar-refractivity contribution in [1.82, 2.24) is 4.90 Å². The summed E-state index contributed by atoms with van der Waals surface area (Å²) >= 11 is 0. The number of aldehydes is 1. The van der Waals surface area contributed by atoms with Gasteiger partial charge in [0.1, 0.15) is 0 Å². The number of benzene rings is 1. The highest BCUT2D eigenvalue weighted by Gasteiger charge is 2.32. The highest BCUT2D eigenvalue weighted by Crippen LogP contribution is 2.25. The van der Waals surface area contributed by atoms with E-state index in [4.69, 9.17) is 4.74 Å². The first-order valence-corrected chi connectivity index (χ1v) is 5.29. The lowest BCUT2D eigenvalue weighted by atomic mass is 10.2. The van der Waals surface area contributed by atoms with E-state index < -0.39 is 11.9 Å². The average molecular weight is 237 g/mol. The van der Waals surface area contributed by atoms with Crippen LogP contribution in [0.15, 0.2) is 18.2 Å². The third kappa shape index (κ3) is 2.13. The maximum atomic E-state index is 13.5. The summed E-state index contributed by atoms with van der Waals surface area (Å²) in [6, 6.07) is 4.08. The summed E-state index contributed by atoms with van der Waals surface area (Å²) < 4.78 is 18.8. The number of ether oxygens (including phenoxy) is 1. The summed E-state index contributed by atoms with van der Waals surface area (Å²) in [6.45, 7) is 0.578. The van der Waals surface area contributed by atoms with Crippen LogP contribution >= 0.6 is 0 Å². The maximum absolute atomic E-state index is 13.5. The standard InChI is InChI=1S/C12H12FNO3/c1-14-6-5-10(12(14)16)17-11-8(7-15)3-2-4-9(11)13/h2-4,7,10H,5-6H2,1H3. The number of amides is 1. The van der Waals surface area contributed by atoms with E-state index in [0.29, 0.717) is 19.3 Å². The van der Waals surface area contributed by atoms with Crippen LogP contribution < -0.4 is 4.74 Å². The fourth-order valence-corrected chi connectivity index (χ4v) is 1.78. The van der Waals surface area contributed by atoms with E-state index in [1.807, 2.05) is 0 Å². The molecule has 2 rings (SSSR count). The van der Waals surface area contributed by atoms with Crippen LogP contribution in [0.4, 0.5) is 4.39 Å². The Kier molecular flexibility index (Phi) is 3.08. The van der Waals surface area contributed by atoms with Crippen LogP contribution in [-0.4, -0.2) is 36.8 Å². The van der Waals surface area contributed by atoms with Crippen molar-refractivity contribution in [1.29, 1.82) is 0 Å². The zero-order valence-electron chi connectivity index (χ0n) is 9.35. The molecule has 1 saturated heterocycles. The molecule has 1 fully saturated rings. The fraction of sp³-hybridized carbons (Fsp3) is 0.333. The van der Waals surface area contributed by atoms with E-state index >= 15 is 0 Å². The van der Waals surface area contributed by atoms with Crippen LogP contribution in [0.3, 0.4) is 0 Å². The molecule has 0 aliphatic carbocycles. The highest BCUT2D eigenvalue weighted by atomic mass is 19.1. The molecule has 5 heteroatoms. The number of hydrogen-bond acceptors (Lipinski definition) is 3. The van der Waals surface area contributed by atoms with E-state index in [0.717, 1.165) is 0 Å². The largest absolute Gasteiger partial charge is 0.477 e. The molecule has 1 aliphatic rings. The molecule has 1 aliphatic heterocycles. The fourth-order valence-electron chi connectivity index (χ4n) is 1.78. The first-order valence-electron chi connectivity index (χ1n) is 5.29. The van der Waals surface area contributed by atoms with Gasteiger partial charge < -0.3 is 9.64 Å². The number of rotatable bonds is 3. The van der Waals surface area contributed by atoms with Crippen LogP contribution in [0.5, 0.6) is 5.75 Å². The van der Waals surface area contributed by atoms with Crippen LogP contribution in [-0.2, 0) is 4.79 Å². The molecule has 1 aromatic carbocycles. The van der Waals surface area contributed by atoms with E-state index in [1.54, 1.807) is 7.05 Å². The molecule has 17 heavy (non-hydrogen) atoms. The number of likely N-dealkylation sites (tertiary alicyclic amines) is 1. The SMILES string of the molecule is CN1CCC(Oc2c(F)cccc2C=O)C1=O. The van der Waals surface area contributed by atoms with Crippen molar-refractivity contribution in [3.8, 4) is 5.75 Å². The number of hydrogen-bond donors (Lipinski definition) is 0. The van der Waals surface area contributed by atoms with E-state index in [9.17, 15) is 14.0 Å². The van der Waals surface area contributed by atoms with Gasteiger partial charge in [0.25, 0.3) is 5.91 Å². The van der Waals surface area contributed by atoms with Gasteiger partial charge in [-0.05, 0) is 12.1 Å². The van der Waals surface area contributed by atoms with Crippen molar-refractivity contribution in [2.45, 2.75) is 12.5 Å². The van der Waals surface area contributed by atoms with Crippen molar-refractivity contribution in [2.24, 2.45) is 0 Å². The molecule has 4 nitrogen and oxygen atoms in total. The number of carbonyl (C=O) groups excluding carboxylic acids is 2. The molecule has 1 atom stereocenters. The van der Waals surface area contributed by atoms with Crippen LogP contribution in [0.25, 0.3) is 0 Å². The van der Waals surface area contributed by atoms with Crippen molar-refractivity contribution in [3.05, 3.63) is 29.6 Å². The van der Waals surface area contributed by atoms with E-state index in [-0.39, 0.29) is 17.2 Å². The second-order valence-corrected chi connectivity index (χ2v) is 3.93. The van der Waals surface area contributed by atoms with Gasteiger partial charge >= 0.3 is 0 Å². The lowest BCUT2D eigenvalue weighted by Crippen LogP contribution is -2.29. The zero-order valence-corrected chi connectivity index (χ0v) is 9.35. The van der Waals surface area contributed by atoms with Gasteiger partial charge in [-0.1, -0.05) is 6.07 Å². The quantitative estimate of drug-likeness (QED) is 0.743. The number of likely N-dealkylation sites (N-methyl/N-ethyl adjacent to an activating group) is 1. The van der Waals surface area contributed by atoms with Gasteiger partial charge in [0.15, 0.2) is 24.0 Å².